The molecule has 5 aliphatic carbocycles. The summed E-state index contributed by atoms with van der Waals surface area (Å²) in [5.74, 6) is 6.49. The van der Waals surface area contributed by atoms with Gasteiger partial charge in [-0.2, -0.15) is 0 Å². The molecule has 6 aliphatic rings. The number of hydrogen-bond acceptors (Lipinski definition) is 5. The highest BCUT2D eigenvalue weighted by molar-refractivity contribution is 7.25. The number of para-hydroxylation sites is 2. The Hall–Kier alpha value is -6.43. The van der Waals surface area contributed by atoms with Gasteiger partial charge in [-0.25, -0.2) is 15.0 Å². The molecule has 9 aromatic rings. The summed E-state index contributed by atoms with van der Waals surface area (Å²) >= 11 is 1.82. The lowest BCUT2D eigenvalue weighted by Gasteiger charge is -2.66. The maximum absolute atomic E-state index is 7.10. The summed E-state index contributed by atoms with van der Waals surface area (Å²) in [5, 5.41) is 2.54. The predicted molar refractivity (Wildman–Crippen MR) is 244 cm³/mol. The fourth-order valence-corrected chi connectivity index (χ4v) is 15.2. The molecule has 7 aromatic carbocycles. The average molecular weight is 802 g/mol. The molecule has 5 heteroatoms. The van der Waals surface area contributed by atoms with E-state index in [1.807, 2.05) is 11.3 Å². The van der Waals surface area contributed by atoms with Gasteiger partial charge < -0.3 is 4.74 Å². The highest BCUT2D eigenvalue weighted by Gasteiger charge is 2.77. The molecule has 4 nitrogen and oxygen atoms in total. The van der Waals surface area contributed by atoms with Crippen LogP contribution in [0.3, 0.4) is 0 Å². The first kappa shape index (κ1) is 33.3. The lowest BCUT2D eigenvalue weighted by molar-refractivity contribution is -0.175. The second-order valence-corrected chi connectivity index (χ2v) is 19.9. The van der Waals surface area contributed by atoms with Crippen molar-refractivity contribution in [2.75, 3.05) is 0 Å². The highest BCUT2D eigenvalue weighted by atomic mass is 32.1. The summed E-state index contributed by atoms with van der Waals surface area (Å²) in [5.41, 5.74) is 12.1. The van der Waals surface area contributed by atoms with Crippen molar-refractivity contribution in [3.63, 3.8) is 0 Å². The first-order chi connectivity index (χ1) is 30.1. The van der Waals surface area contributed by atoms with Crippen molar-refractivity contribution < 1.29 is 4.74 Å². The zero-order chi connectivity index (χ0) is 39.7. The van der Waals surface area contributed by atoms with Gasteiger partial charge in [0.2, 0.25) is 0 Å². The smallest absolute Gasteiger partial charge is 0.167 e. The average Bonchev–Trinajstić information content (AvgIpc) is 4.02. The quantitative estimate of drug-likeness (QED) is 0.178. The normalized spacial score (nSPS) is 25.0. The van der Waals surface area contributed by atoms with Crippen molar-refractivity contribution >= 4 is 31.5 Å². The van der Waals surface area contributed by atoms with Gasteiger partial charge in [-0.1, -0.05) is 133 Å². The SMILES string of the molecule is c1ccc2c(c1)Oc1c(-c3nc(-c4ccc(C56C[C@H]7CC8C[C@@H](C5)C87C6)cc4)nc(-c4ccc5c(c4)sc4ccccc45)n3)cccc1C21c2ccccc2-c2ccccc21. The number of hydrogen-bond donors (Lipinski definition) is 0. The van der Waals surface area contributed by atoms with Crippen LogP contribution in [0, 0.1) is 23.2 Å². The number of fused-ring (bicyclic) bond motifs is 13. The highest BCUT2D eigenvalue weighted by Crippen LogP contribution is 2.84. The molecule has 4 fully saturated rings. The van der Waals surface area contributed by atoms with Crippen LogP contribution in [0.1, 0.15) is 59.9 Å². The molecular weight excluding hydrogens is 763 g/mol. The molecule has 4 saturated carbocycles. The summed E-state index contributed by atoms with van der Waals surface area (Å²) in [6.07, 6.45) is 7.09. The third-order valence-electron chi connectivity index (χ3n) is 16.5. The lowest BCUT2D eigenvalue weighted by Crippen LogP contribution is -2.59. The molecule has 3 heterocycles. The van der Waals surface area contributed by atoms with E-state index in [1.165, 1.54) is 80.1 Å². The van der Waals surface area contributed by atoms with Crippen molar-refractivity contribution in [3.05, 3.63) is 186 Å². The minimum atomic E-state index is -0.577. The minimum absolute atomic E-state index is 0.346. The van der Waals surface area contributed by atoms with Crippen LogP contribution in [0.2, 0.25) is 0 Å². The third-order valence-corrected chi connectivity index (χ3v) is 17.6. The monoisotopic (exact) mass is 801 g/mol. The molecule has 0 radical (unpaired) electrons. The Labute approximate surface area is 358 Å². The van der Waals surface area contributed by atoms with E-state index < -0.39 is 5.41 Å². The van der Waals surface area contributed by atoms with E-state index in [0.29, 0.717) is 28.3 Å². The number of ether oxygens (including phenoxy) is 1. The van der Waals surface area contributed by atoms with Gasteiger partial charge in [0.05, 0.1) is 11.0 Å². The van der Waals surface area contributed by atoms with Gasteiger partial charge in [0.25, 0.3) is 0 Å². The molecule has 5 atom stereocenters. The Kier molecular flexibility index (Phi) is 6.27. The van der Waals surface area contributed by atoms with E-state index in [1.54, 1.807) is 0 Å². The third kappa shape index (κ3) is 4.09. The van der Waals surface area contributed by atoms with E-state index in [2.05, 4.69) is 158 Å². The van der Waals surface area contributed by atoms with Crippen LogP contribution in [-0.4, -0.2) is 15.0 Å². The number of benzene rings is 7. The Morgan fingerprint density at radius 1 is 0.492 bits per heavy atom. The molecule has 1 aliphatic heterocycles. The van der Waals surface area contributed by atoms with Crippen LogP contribution in [0.5, 0.6) is 11.5 Å². The molecule has 290 valence electrons. The Balaban J connectivity index is 0.930. The van der Waals surface area contributed by atoms with Crippen LogP contribution < -0.4 is 4.74 Å². The standard InChI is InChI=1S/C56H39N3OS/c1-4-14-43-38(10-1)39-11-2-5-15-44(39)56(43)45-16-6-7-18-47(45)60-50-42(13-9-17-46(50)56)53-58-51(57-52(59-53)33-22-25-41-40-12-3-8-19-48(40)61-49(41)26-33)32-20-23-34(24-21-32)54-29-36-27-35-28-37(30-54)55(35,36)31-54/h1-26,35-37H,27-31H2/t35?,36-,37+,54?,55?. The van der Waals surface area contributed by atoms with Gasteiger partial charge in [-0.05, 0) is 113 Å². The van der Waals surface area contributed by atoms with Gasteiger partial charge in [-0.15, -0.1) is 11.3 Å². The number of rotatable bonds is 4. The summed E-state index contributed by atoms with van der Waals surface area (Å²) < 4.78 is 9.60. The van der Waals surface area contributed by atoms with E-state index in [-0.39, 0.29) is 0 Å². The predicted octanol–water partition coefficient (Wildman–Crippen LogP) is 13.8. The molecule has 61 heavy (non-hydrogen) atoms. The van der Waals surface area contributed by atoms with Crippen LogP contribution in [0.4, 0.5) is 0 Å². The van der Waals surface area contributed by atoms with E-state index in [4.69, 9.17) is 19.7 Å². The fourth-order valence-electron chi connectivity index (χ4n) is 14.1. The maximum atomic E-state index is 7.10. The van der Waals surface area contributed by atoms with Crippen LogP contribution in [-0.2, 0) is 10.8 Å². The van der Waals surface area contributed by atoms with Crippen LogP contribution >= 0.6 is 11.3 Å². The zero-order valence-corrected chi connectivity index (χ0v) is 34.3. The number of nitrogens with zero attached hydrogens (tertiary/aromatic N) is 3. The Morgan fingerprint density at radius 3 is 1.85 bits per heavy atom. The molecule has 2 aromatic heterocycles. The summed E-state index contributed by atoms with van der Waals surface area (Å²) in [6.45, 7) is 0. The van der Waals surface area contributed by atoms with Crippen molar-refractivity contribution in [3.8, 4) is 56.8 Å². The summed E-state index contributed by atoms with van der Waals surface area (Å²) in [4.78, 5) is 16.1. The molecule has 0 N–H and O–H groups in total. The first-order valence-corrected chi connectivity index (χ1v) is 22.8. The summed E-state index contributed by atoms with van der Waals surface area (Å²) in [7, 11) is 0. The topological polar surface area (TPSA) is 47.9 Å². The molecular formula is C56H39N3OS. The van der Waals surface area contributed by atoms with Crippen molar-refractivity contribution in [1.29, 1.82) is 0 Å². The number of thiophene rings is 1. The molecule has 2 bridgehead atoms. The molecule has 3 unspecified atom stereocenters. The number of aromatic nitrogens is 3. The van der Waals surface area contributed by atoms with Gasteiger partial charge in [0.1, 0.15) is 11.5 Å². The second-order valence-electron chi connectivity index (χ2n) is 18.9. The Bertz CT molecular complexity index is 3320. The van der Waals surface area contributed by atoms with Crippen molar-refractivity contribution in [1.82, 2.24) is 15.0 Å². The van der Waals surface area contributed by atoms with Crippen LogP contribution in [0.25, 0.3) is 65.5 Å². The van der Waals surface area contributed by atoms with Gasteiger partial charge >= 0.3 is 0 Å². The summed E-state index contributed by atoms with van der Waals surface area (Å²) in [6, 6.07) is 57.6. The minimum Gasteiger partial charge on any atom is -0.456 e. The van der Waals surface area contributed by atoms with Crippen molar-refractivity contribution in [2.45, 2.75) is 42.9 Å². The largest absolute Gasteiger partial charge is 0.456 e. The van der Waals surface area contributed by atoms with E-state index in [9.17, 15) is 0 Å². The molecule has 2 spiro atoms. The molecule has 15 rings (SSSR count). The fraction of sp³-hybridized carbons (Fsp3) is 0.196. The van der Waals surface area contributed by atoms with Crippen LogP contribution in [0.15, 0.2) is 158 Å². The molecule has 0 amide bonds. The maximum Gasteiger partial charge on any atom is 0.167 e. The molecule has 0 saturated heterocycles. The van der Waals surface area contributed by atoms with Gasteiger partial charge in [-0.3, -0.25) is 0 Å². The second kappa shape index (κ2) is 11.5. The van der Waals surface area contributed by atoms with E-state index >= 15 is 0 Å². The van der Waals surface area contributed by atoms with E-state index in [0.717, 1.165) is 57.1 Å². The van der Waals surface area contributed by atoms with Gasteiger partial charge in [0, 0.05) is 42.4 Å². The lowest BCUT2D eigenvalue weighted by atomic mass is 9.38. The van der Waals surface area contributed by atoms with Gasteiger partial charge in [0.15, 0.2) is 17.5 Å². The Morgan fingerprint density at radius 2 is 1.10 bits per heavy atom. The zero-order valence-electron chi connectivity index (χ0n) is 33.4. The first-order valence-electron chi connectivity index (χ1n) is 22.0. The van der Waals surface area contributed by atoms with Crippen molar-refractivity contribution in [2.24, 2.45) is 23.2 Å².